The molecule has 142 valence electrons. The Balaban J connectivity index is 2.15. The summed E-state index contributed by atoms with van der Waals surface area (Å²) in [4.78, 5) is 16.1. The van der Waals surface area contributed by atoms with E-state index in [0.717, 1.165) is 30.5 Å². The molecule has 0 heterocycles. The third-order valence-corrected chi connectivity index (χ3v) is 6.54. The quantitative estimate of drug-likeness (QED) is 0.313. The van der Waals surface area contributed by atoms with E-state index in [-0.39, 0.29) is 18.0 Å². The van der Waals surface area contributed by atoms with Crippen molar-refractivity contribution in [3.63, 3.8) is 0 Å². The molecule has 1 rings (SSSR count). The van der Waals surface area contributed by atoms with Crippen molar-refractivity contribution in [1.82, 2.24) is 9.80 Å². The number of ether oxygens (including phenoxy) is 1. The standard InChI is InChI=1S/C18H32N2O3SSi/c1-19(2)14-17(20(3)4)23-25(5)13-9-12-24-18(21)15-22-16-10-7-6-8-11-16/h6-8,10-11,17,25H,9,12-15H2,1-5H3. The second-order valence-electron chi connectivity index (χ2n) is 6.59. The normalized spacial score (nSPS) is 13.9. The zero-order valence-corrected chi connectivity index (χ0v) is 18.1. The number of rotatable bonds is 12. The van der Waals surface area contributed by atoms with Crippen LogP contribution in [-0.4, -0.2) is 77.3 Å². The average Bonchev–Trinajstić information content (AvgIpc) is 2.56. The zero-order valence-electron chi connectivity index (χ0n) is 16.1. The van der Waals surface area contributed by atoms with Gasteiger partial charge < -0.3 is 14.1 Å². The smallest absolute Gasteiger partial charge is 0.226 e. The van der Waals surface area contributed by atoms with Gasteiger partial charge in [-0.05, 0) is 59.3 Å². The predicted molar refractivity (Wildman–Crippen MR) is 109 cm³/mol. The molecule has 5 nitrogen and oxygen atoms in total. The summed E-state index contributed by atoms with van der Waals surface area (Å²) < 4.78 is 11.7. The molecule has 25 heavy (non-hydrogen) atoms. The molecule has 0 aliphatic rings. The van der Waals surface area contributed by atoms with Crippen LogP contribution in [0.3, 0.4) is 0 Å². The summed E-state index contributed by atoms with van der Waals surface area (Å²) in [7, 11) is 7.00. The fourth-order valence-corrected chi connectivity index (χ4v) is 4.99. The summed E-state index contributed by atoms with van der Waals surface area (Å²) in [5, 5.41) is 0.0814. The Bertz CT molecular complexity index is 488. The molecular formula is C18H32N2O3SSi. The molecule has 0 amide bonds. The van der Waals surface area contributed by atoms with Gasteiger partial charge in [-0.2, -0.15) is 0 Å². The van der Waals surface area contributed by atoms with Gasteiger partial charge in [-0.25, -0.2) is 0 Å². The minimum atomic E-state index is -1.23. The van der Waals surface area contributed by atoms with E-state index >= 15 is 0 Å². The van der Waals surface area contributed by atoms with Crippen LogP contribution in [0, 0.1) is 0 Å². The molecule has 0 saturated carbocycles. The maximum Gasteiger partial charge on any atom is 0.226 e. The minimum absolute atomic E-state index is 0.0814. The van der Waals surface area contributed by atoms with Gasteiger partial charge in [0.1, 0.15) is 12.0 Å². The first-order valence-electron chi connectivity index (χ1n) is 8.68. The molecule has 2 unspecified atom stereocenters. The van der Waals surface area contributed by atoms with Crippen LogP contribution in [-0.2, 0) is 9.22 Å². The maximum atomic E-state index is 11.9. The van der Waals surface area contributed by atoms with Gasteiger partial charge in [0.25, 0.3) is 0 Å². The van der Waals surface area contributed by atoms with Crippen molar-refractivity contribution in [2.75, 3.05) is 47.1 Å². The van der Waals surface area contributed by atoms with E-state index in [2.05, 4.69) is 44.5 Å². The van der Waals surface area contributed by atoms with Gasteiger partial charge >= 0.3 is 0 Å². The highest BCUT2D eigenvalue weighted by molar-refractivity contribution is 8.13. The monoisotopic (exact) mass is 384 g/mol. The summed E-state index contributed by atoms with van der Waals surface area (Å²) in [5.41, 5.74) is 0. The van der Waals surface area contributed by atoms with Crippen LogP contribution in [0.15, 0.2) is 30.3 Å². The summed E-state index contributed by atoms with van der Waals surface area (Å²) >= 11 is 1.36. The van der Waals surface area contributed by atoms with E-state index in [4.69, 9.17) is 9.16 Å². The number of nitrogens with zero attached hydrogens (tertiary/aromatic N) is 2. The third kappa shape index (κ3) is 10.7. The molecule has 0 aliphatic heterocycles. The molecule has 0 aromatic heterocycles. The molecule has 0 radical (unpaired) electrons. The SMILES string of the molecule is CN(C)CC(O[SiH](C)CCCSC(=O)COc1ccccc1)N(C)C. The molecule has 1 aromatic carbocycles. The van der Waals surface area contributed by atoms with Crippen molar-refractivity contribution in [2.24, 2.45) is 0 Å². The van der Waals surface area contributed by atoms with Gasteiger partial charge in [0.15, 0.2) is 15.6 Å². The Kier molecular flexibility index (Phi) is 11.1. The van der Waals surface area contributed by atoms with Crippen LogP contribution in [0.4, 0.5) is 0 Å². The van der Waals surface area contributed by atoms with E-state index in [0.29, 0.717) is 0 Å². The molecule has 7 heteroatoms. The van der Waals surface area contributed by atoms with E-state index in [1.165, 1.54) is 11.8 Å². The van der Waals surface area contributed by atoms with Gasteiger partial charge in [0.05, 0.1) is 0 Å². The van der Waals surface area contributed by atoms with Crippen LogP contribution in [0.1, 0.15) is 6.42 Å². The fourth-order valence-electron chi connectivity index (χ4n) is 2.23. The van der Waals surface area contributed by atoms with E-state index < -0.39 is 9.04 Å². The number of hydrogen-bond acceptors (Lipinski definition) is 6. The summed E-state index contributed by atoms with van der Waals surface area (Å²) in [6.45, 7) is 3.26. The molecule has 0 saturated heterocycles. The average molecular weight is 385 g/mol. The van der Waals surface area contributed by atoms with Crippen LogP contribution in [0.2, 0.25) is 12.6 Å². The lowest BCUT2D eigenvalue weighted by Crippen LogP contribution is -2.42. The highest BCUT2D eigenvalue weighted by Gasteiger charge is 2.17. The first kappa shape index (κ1) is 22.2. The summed E-state index contributed by atoms with van der Waals surface area (Å²) in [6.07, 6.45) is 1.15. The second kappa shape index (κ2) is 12.5. The predicted octanol–water partition coefficient (Wildman–Crippen LogP) is 2.53. The number of hydrogen-bond donors (Lipinski definition) is 0. The topological polar surface area (TPSA) is 42.0 Å². The number of carbonyl (C=O) groups excluding carboxylic acids is 1. The lowest BCUT2D eigenvalue weighted by atomic mass is 10.3. The van der Waals surface area contributed by atoms with Crippen molar-refractivity contribution >= 4 is 25.9 Å². The second-order valence-corrected chi connectivity index (χ2v) is 10.2. The molecule has 0 N–H and O–H groups in total. The van der Waals surface area contributed by atoms with Crippen molar-refractivity contribution in [3.8, 4) is 5.75 Å². The van der Waals surface area contributed by atoms with E-state index in [1.807, 2.05) is 30.3 Å². The van der Waals surface area contributed by atoms with E-state index in [9.17, 15) is 4.79 Å². The van der Waals surface area contributed by atoms with Crippen LogP contribution < -0.4 is 4.74 Å². The molecule has 0 spiro atoms. The number of thioether (sulfide) groups is 1. The number of benzene rings is 1. The Morgan fingerprint density at radius 1 is 1.20 bits per heavy atom. The van der Waals surface area contributed by atoms with Gasteiger partial charge in [-0.3, -0.25) is 9.69 Å². The molecule has 0 bridgehead atoms. The first-order chi connectivity index (χ1) is 11.9. The summed E-state index contributed by atoms with van der Waals surface area (Å²) in [5.74, 6) is 1.57. The minimum Gasteiger partial charge on any atom is -0.485 e. The summed E-state index contributed by atoms with van der Waals surface area (Å²) in [6, 6.07) is 10.5. The lowest BCUT2D eigenvalue weighted by Gasteiger charge is -2.30. The number of likely N-dealkylation sites (N-methyl/N-ethyl adjacent to an activating group) is 2. The molecule has 0 aliphatic carbocycles. The molecular weight excluding hydrogens is 352 g/mol. The Morgan fingerprint density at radius 3 is 2.48 bits per heavy atom. The fraction of sp³-hybridized carbons (Fsp3) is 0.611. The number of para-hydroxylation sites is 1. The van der Waals surface area contributed by atoms with Crippen molar-refractivity contribution in [2.45, 2.75) is 25.2 Å². The largest absolute Gasteiger partial charge is 0.485 e. The van der Waals surface area contributed by atoms with Crippen molar-refractivity contribution in [1.29, 1.82) is 0 Å². The van der Waals surface area contributed by atoms with Crippen molar-refractivity contribution in [3.05, 3.63) is 30.3 Å². The highest BCUT2D eigenvalue weighted by atomic mass is 32.2. The van der Waals surface area contributed by atoms with E-state index in [1.54, 1.807) is 0 Å². The van der Waals surface area contributed by atoms with Gasteiger partial charge in [0, 0.05) is 12.3 Å². The lowest BCUT2D eigenvalue weighted by molar-refractivity contribution is -0.112. The zero-order chi connectivity index (χ0) is 18.7. The van der Waals surface area contributed by atoms with Gasteiger partial charge in [-0.1, -0.05) is 30.0 Å². The Labute approximate surface area is 158 Å². The molecule has 0 fully saturated rings. The Hall–Kier alpha value is -0.863. The highest BCUT2D eigenvalue weighted by Crippen LogP contribution is 2.13. The van der Waals surface area contributed by atoms with Crippen LogP contribution in [0.5, 0.6) is 5.75 Å². The van der Waals surface area contributed by atoms with Crippen LogP contribution in [0.25, 0.3) is 0 Å². The first-order valence-corrected chi connectivity index (χ1v) is 12.1. The maximum absolute atomic E-state index is 11.9. The van der Waals surface area contributed by atoms with Crippen molar-refractivity contribution < 1.29 is 14.0 Å². The van der Waals surface area contributed by atoms with Gasteiger partial charge in [-0.15, -0.1) is 0 Å². The third-order valence-electron chi connectivity index (χ3n) is 3.60. The van der Waals surface area contributed by atoms with Gasteiger partial charge in [0.2, 0.25) is 5.12 Å². The molecule has 1 aromatic rings. The van der Waals surface area contributed by atoms with Crippen LogP contribution >= 0.6 is 11.8 Å². The molecule has 2 atom stereocenters. The Morgan fingerprint density at radius 2 is 1.88 bits per heavy atom. The number of carbonyl (C=O) groups is 1.